The van der Waals surface area contributed by atoms with Gasteiger partial charge in [-0.25, -0.2) is 9.97 Å². The topological polar surface area (TPSA) is 73.3 Å². The number of imidazole rings is 2. The standard InChI is InChI=1S/C35H47N7O/c1-39-31-10-6-5-9-30(31)38-32(39)25-42(34(43)33-36-18-19-37-33)24-28-13-11-27(12-14-28)23-40-20-15-35(26-40)16-21-41(22-17-35)29-7-3-2-4-8-29/h5-6,9-11,13-14,18-19,27,29H,2-4,7-8,12,15-17,20-26H2,1H3,(H,36,37). The molecule has 2 saturated heterocycles. The third-order valence-corrected chi connectivity index (χ3v) is 10.8. The number of carbonyl (C=O) groups excluding carboxylic acids is 1. The molecular formula is C35H47N7O. The quantitative estimate of drug-likeness (QED) is 0.377. The van der Waals surface area contributed by atoms with Crippen molar-refractivity contribution in [2.45, 2.75) is 70.4 Å². The number of allylic oxidation sites excluding steroid dienone is 1. The number of aromatic nitrogens is 4. The smallest absolute Gasteiger partial charge is 0.290 e. The molecule has 1 atom stereocenters. The predicted octanol–water partition coefficient (Wildman–Crippen LogP) is 5.56. The van der Waals surface area contributed by atoms with Crippen LogP contribution in [0.4, 0.5) is 0 Å². The van der Waals surface area contributed by atoms with Crippen LogP contribution in [0.1, 0.15) is 74.2 Å². The highest BCUT2D eigenvalue weighted by atomic mass is 16.2. The van der Waals surface area contributed by atoms with Gasteiger partial charge in [-0.2, -0.15) is 0 Å². The highest BCUT2D eigenvalue weighted by Gasteiger charge is 2.41. The lowest BCUT2D eigenvalue weighted by Gasteiger charge is -2.44. The second kappa shape index (κ2) is 12.4. The van der Waals surface area contributed by atoms with Gasteiger partial charge in [0.25, 0.3) is 5.91 Å². The van der Waals surface area contributed by atoms with Gasteiger partial charge in [-0.15, -0.1) is 0 Å². The van der Waals surface area contributed by atoms with E-state index >= 15 is 0 Å². The minimum atomic E-state index is -0.106. The second-order valence-electron chi connectivity index (χ2n) is 13.6. The van der Waals surface area contributed by atoms with Gasteiger partial charge in [0.15, 0.2) is 5.82 Å². The first kappa shape index (κ1) is 28.5. The van der Waals surface area contributed by atoms with Crippen molar-refractivity contribution in [3.8, 4) is 0 Å². The number of aryl methyl sites for hydroxylation is 1. The van der Waals surface area contributed by atoms with Crippen LogP contribution in [0.5, 0.6) is 0 Å². The number of hydrogen-bond donors (Lipinski definition) is 1. The van der Waals surface area contributed by atoms with Gasteiger partial charge in [0.1, 0.15) is 5.82 Å². The summed E-state index contributed by atoms with van der Waals surface area (Å²) < 4.78 is 2.08. The molecule has 1 N–H and O–H groups in total. The van der Waals surface area contributed by atoms with Crippen molar-refractivity contribution in [1.29, 1.82) is 0 Å². The number of carbonyl (C=O) groups is 1. The van der Waals surface area contributed by atoms with Crippen molar-refractivity contribution in [3.63, 3.8) is 0 Å². The molecule has 1 amide bonds. The summed E-state index contributed by atoms with van der Waals surface area (Å²) in [6, 6.07) is 8.98. The molecule has 0 bridgehead atoms. The molecule has 4 heterocycles. The van der Waals surface area contributed by atoms with Crippen LogP contribution in [0.15, 0.2) is 60.5 Å². The number of likely N-dealkylation sites (tertiary alicyclic amines) is 2. The summed E-state index contributed by atoms with van der Waals surface area (Å²) in [4.78, 5) is 33.0. The zero-order valence-electron chi connectivity index (χ0n) is 25.8. The summed E-state index contributed by atoms with van der Waals surface area (Å²) in [6.07, 6.45) is 22.7. The van der Waals surface area contributed by atoms with E-state index in [1.165, 1.54) is 83.1 Å². The van der Waals surface area contributed by atoms with E-state index in [4.69, 9.17) is 4.98 Å². The summed E-state index contributed by atoms with van der Waals surface area (Å²) in [5, 5.41) is 0. The number of H-pyrrole nitrogens is 1. The molecule has 1 spiro atoms. The van der Waals surface area contributed by atoms with Gasteiger partial charge in [-0.05, 0) is 87.2 Å². The fraction of sp³-hybridized carbons (Fsp3) is 0.571. The van der Waals surface area contributed by atoms with Gasteiger partial charge in [0, 0.05) is 45.1 Å². The molecule has 228 valence electrons. The Morgan fingerprint density at radius 2 is 1.88 bits per heavy atom. The van der Waals surface area contributed by atoms with E-state index in [2.05, 4.69) is 48.6 Å². The van der Waals surface area contributed by atoms with Gasteiger partial charge in [0.2, 0.25) is 0 Å². The Morgan fingerprint density at radius 3 is 2.63 bits per heavy atom. The zero-order valence-corrected chi connectivity index (χ0v) is 25.8. The average molecular weight is 582 g/mol. The van der Waals surface area contributed by atoms with E-state index in [0.717, 1.165) is 35.9 Å². The molecule has 3 aromatic rings. The first-order chi connectivity index (χ1) is 21.1. The number of benzene rings is 1. The molecule has 2 aliphatic heterocycles. The third kappa shape index (κ3) is 6.22. The van der Waals surface area contributed by atoms with Crippen molar-refractivity contribution in [3.05, 3.63) is 72.1 Å². The number of rotatable bonds is 8. The Bertz CT molecular complexity index is 1460. The van der Waals surface area contributed by atoms with Gasteiger partial charge >= 0.3 is 0 Å². The summed E-state index contributed by atoms with van der Waals surface area (Å²) in [5.41, 5.74) is 3.75. The van der Waals surface area contributed by atoms with E-state index in [0.29, 0.717) is 30.2 Å². The van der Waals surface area contributed by atoms with E-state index in [1.54, 1.807) is 12.4 Å². The minimum absolute atomic E-state index is 0.106. The van der Waals surface area contributed by atoms with Crippen molar-refractivity contribution in [2.75, 3.05) is 39.3 Å². The van der Waals surface area contributed by atoms with E-state index in [1.807, 2.05) is 30.1 Å². The lowest BCUT2D eigenvalue weighted by atomic mass is 9.77. The van der Waals surface area contributed by atoms with Gasteiger partial charge < -0.3 is 24.3 Å². The Morgan fingerprint density at radius 1 is 1.07 bits per heavy atom. The first-order valence-electron chi connectivity index (χ1n) is 16.6. The summed E-state index contributed by atoms with van der Waals surface area (Å²) in [5.74, 6) is 1.66. The van der Waals surface area contributed by atoms with Crippen LogP contribution in [0.2, 0.25) is 0 Å². The van der Waals surface area contributed by atoms with Crippen LogP contribution in [-0.2, 0) is 13.6 Å². The Kier molecular flexibility index (Phi) is 8.23. The van der Waals surface area contributed by atoms with Crippen molar-refractivity contribution in [2.24, 2.45) is 18.4 Å². The van der Waals surface area contributed by atoms with Crippen molar-refractivity contribution >= 4 is 16.9 Å². The Labute approximate surface area is 255 Å². The summed E-state index contributed by atoms with van der Waals surface area (Å²) in [6.45, 7) is 7.25. The maximum absolute atomic E-state index is 13.5. The molecule has 1 saturated carbocycles. The maximum Gasteiger partial charge on any atom is 0.290 e. The van der Waals surface area contributed by atoms with Crippen LogP contribution in [0.25, 0.3) is 11.0 Å². The first-order valence-corrected chi connectivity index (χ1v) is 16.6. The molecule has 2 aliphatic carbocycles. The molecule has 4 aliphatic rings. The van der Waals surface area contributed by atoms with E-state index in [9.17, 15) is 4.79 Å². The highest BCUT2D eigenvalue weighted by molar-refractivity contribution is 5.90. The van der Waals surface area contributed by atoms with Crippen LogP contribution in [0, 0.1) is 11.3 Å². The zero-order chi connectivity index (χ0) is 29.2. The molecule has 8 heteroatoms. The molecule has 0 radical (unpaired) electrons. The maximum atomic E-state index is 13.5. The summed E-state index contributed by atoms with van der Waals surface area (Å²) >= 11 is 0. The lowest BCUT2D eigenvalue weighted by molar-refractivity contribution is 0.0613. The fourth-order valence-corrected chi connectivity index (χ4v) is 8.15. The third-order valence-electron chi connectivity index (χ3n) is 10.8. The van der Waals surface area contributed by atoms with E-state index < -0.39 is 0 Å². The normalized spacial score (nSPS) is 23.3. The molecular weight excluding hydrogens is 534 g/mol. The van der Waals surface area contributed by atoms with Crippen LogP contribution in [0.3, 0.4) is 0 Å². The number of nitrogens with one attached hydrogen (secondary N) is 1. The molecule has 2 aromatic heterocycles. The molecule has 8 nitrogen and oxygen atoms in total. The second-order valence-corrected chi connectivity index (χ2v) is 13.6. The van der Waals surface area contributed by atoms with Gasteiger partial charge in [-0.1, -0.05) is 49.6 Å². The van der Waals surface area contributed by atoms with Crippen LogP contribution in [-0.4, -0.2) is 85.4 Å². The number of aromatic amines is 1. The molecule has 1 aromatic carbocycles. The predicted molar refractivity (Wildman–Crippen MR) is 171 cm³/mol. The SMILES string of the molecule is Cn1c(CN(CC2=CCC(CN3CCC4(CCN(C5CCCCC5)CC4)C3)C=C2)C(=O)c2ncc[nH]2)nc2ccccc21. The van der Waals surface area contributed by atoms with E-state index in [-0.39, 0.29) is 5.91 Å². The number of nitrogens with zero attached hydrogens (tertiary/aromatic N) is 6. The largest absolute Gasteiger partial charge is 0.341 e. The van der Waals surface area contributed by atoms with Crippen molar-refractivity contribution in [1.82, 2.24) is 34.2 Å². The average Bonchev–Trinajstić information content (AvgIpc) is 3.79. The van der Waals surface area contributed by atoms with Gasteiger partial charge in [-0.3, -0.25) is 4.79 Å². The summed E-state index contributed by atoms with van der Waals surface area (Å²) in [7, 11) is 2.02. The fourth-order valence-electron chi connectivity index (χ4n) is 8.15. The molecule has 3 fully saturated rings. The molecule has 7 rings (SSSR count). The lowest BCUT2D eigenvalue weighted by Crippen LogP contribution is -2.46. The minimum Gasteiger partial charge on any atom is -0.341 e. The number of fused-ring (bicyclic) bond motifs is 1. The number of amides is 1. The number of para-hydroxylation sites is 2. The Balaban J connectivity index is 0.948. The van der Waals surface area contributed by atoms with Crippen molar-refractivity contribution < 1.29 is 4.79 Å². The Hall–Kier alpha value is -3.23. The molecule has 1 unspecified atom stereocenters. The number of hydrogen-bond acceptors (Lipinski definition) is 5. The van der Waals surface area contributed by atoms with Crippen LogP contribution < -0.4 is 0 Å². The monoisotopic (exact) mass is 581 g/mol. The van der Waals surface area contributed by atoms with Crippen LogP contribution >= 0.6 is 0 Å². The highest BCUT2D eigenvalue weighted by Crippen LogP contribution is 2.42. The number of piperidine rings is 1. The van der Waals surface area contributed by atoms with Gasteiger partial charge in [0.05, 0.1) is 17.6 Å². The molecule has 43 heavy (non-hydrogen) atoms.